The largest absolute Gasteiger partial charge is 0.343 e. The van der Waals surface area contributed by atoms with Gasteiger partial charge in [-0.2, -0.15) is 0 Å². The van der Waals surface area contributed by atoms with Crippen LogP contribution in [-0.4, -0.2) is 54.8 Å². The quantitative estimate of drug-likeness (QED) is 0.810. The standard InChI is InChI=1S/C14H24N2O4S/c1-4-11-14(18)16(12(9(2)3)13(17)15-11)8-10-6-5-7-21(10,19)20/h9-12H,4-8H2,1-3H3,(H,15,17). The van der Waals surface area contributed by atoms with Crippen molar-refractivity contribution in [2.45, 2.75) is 57.4 Å². The molecule has 0 aromatic rings. The van der Waals surface area contributed by atoms with Gasteiger partial charge in [0.1, 0.15) is 12.1 Å². The summed E-state index contributed by atoms with van der Waals surface area (Å²) in [7, 11) is -3.13. The van der Waals surface area contributed by atoms with Gasteiger partial charge in [-0.1, -0.05) is 20.8 Å². The Hall–Kier alpha value is -1.11. The molecular weight excluding hydrogens is 292 g/mol. The van der Waals surface area contributed by atoms with Gasteiger partial charge in [-0.15, -0.1) is 0 Å². The number of hydrogen-bond donors (Lipinski definition) is 1. The summed E-state index contributed by atoms with van der Waals surface area (Å²) in [5, 5.41) is 2.22. The van der Waals surface area contributed by atoms with Crippen LogP contribution in [0.5, 0.6) is 0 Å². The van der Waals surface area contributed by atoms with E-state index in [4.69, 9.17) is 0 Å². The molecule has 2 fully saturated rings. The van der Waals surface area contributed by atoms with Crippen LogP contribution in [0.3, 0.4) is 0 Å². The van der Waals surface area contributed by atoms with Crippen molar-refractivity contribution in [2.24, 2.45) is 5.92 Å². The molecule has 2 aliphatic heterocycles. The summed E-state index contributed by atoms with van der Waals surface area (Å²) < 4.78 is 24.0. The minimum absolute atomic E-state index is 0.0455. The Morgan fingerprint density at radius 2 is 2.00 bits per heavy atom. The van der Waals surface area contributed by atoms with Gasteiger partial charge in [-0.3, -0.25) is 9.59 Å². The zero-order chi connectivity index (χ0) is 15.8. The maximum Gasteiger partial charge on any atom is 0.245 e. The minimum Gasteiger partial charge on any atom is -0.343 e. The summed E-state index contributed by atoms with van der Waals surface area (Å²) in [6.07, 6.45) is 1.74. The third-order valence-corrected chi connectivity index (χ3v) is 6.66. The number of amides is 2. The SMILES string of the molecule is CCC1NC(=O)C(C(C)C)N(CC2CCCS2(=O)=O)C1=O. The van der Waals surface area contributed by atoms with Crippen LogP contribution < -0.4 is 5.32 Å². The smallest absolute Gasteiger partial charge is 0.245 e. The Morgan fingerprint density at radius 1 is 1.33 bits per heavy atom. The zero-order valence-corrected chi connectivity index (χ0v) is 13.6. The number of nitrogens with one attached hydrogen (secondary N) is 1. The molecule has 120 valence electrons. The van der Waals surface area contributed by atoms with Gasteiger partial charge >= 0.3 is 0 Å². The molecule has 0 saturated carbocycles. The normalized spacial score (nSPS) is 32.6. The molecule has 2 saturated heterocycles. The van der Waals surface area contributed by atoms with Crippen LogP contribution in [0.25, 0.3) is 0 Å². The van der Waals surface area contributed by atoms with Gasteiger partial charge in [0.2, 0.25) is 11.8 Å². The maximum atomic E-state index is 12.5. The first-order valence-electron chi connectivity index (χ1n) is 7.60. The first-order valence-corrected chi connectivity index (χ1v) is 9.32. The molecule has 7 heteroatoms. The highest BCUT2D eigenvalue weighted by Gasteiger charge is 2.44. The topological polar surface area (TPSA) is 83.6 Å². The lowest BCUT2D eigenvalue weighted by Crippen LogP contribution is -2.65. The Kier molecular flexibility index (Phi) is 4.60. The van der Waals surface area contributed by atoms with Crippen molar-refractivity contribution in [1.82, 2.24) is 10.2 Å². The van der Waals surface area contributed by atoms with Crippen molar-refractivity contribution in [3.63, 3.8) is 0 Å². The molecule has 2 amide bonds. The molecular formula is C14H24N2O4S. The maximum absolute atomic E-state index is 12.5. The zero-order valence-electron chi connectivity index (χ0n) is 12.8. The third kappa shape index (κ3) is 3.07. The van der Waals surface area contributed by atoms with Crippen LogP contribution >= 0.6 is 0 Å². The van der Waals surface area contributed by atoms with Crippen LogP contribution in [0.4, 0.5) is 0 Å². The second-order valence-electron chi connectivity index (χ2n) is 6.28. The molecule has 1 N–H and O–H groups in total. The monoisotopic (exact) mass is 316 g/mol. The molecule has 0 spiro atoms. The number of nitrogens with zero attached hydrogens (tertiary/aromatic N) is 1. The van der Waals surface area contributed by atoms with Crippen molar-refractivity contribution in [1.29, 1.82) is 0 Å². The lowest BCUT2D eigenvalue weighted by Gasteiger charge is -2.41. The molecule has 3 unspecified atom stereocenters. The average Bonchev–Trinajstić information content (AvgIpc) is 2.72. The van der Waals surface area contributed by atoms with E-state index < -0.39 is 27.2 Å². The molecule has 2 heterocycles. The fourth-order valence-electron chi connectivity index (χ4n) is 3.22. The van der Waals surface area contributed by atoms with Gasteiger partial charge in [0.25, 0.3) is 0 Å². The van der Waals surface area contributed by atoms with Gasteiger partial charge in [-0.05, 0) is 25.2 Å². The number of carbonyl (C=O) groups excluding carboxylic acids is 2. The fourth-order valence-corrected chi connectivity index (χ4v) is 5.04. The Morgan fingerprint density at radius 3 is 2.48 bits per heavy atom. The lowest BCUT2D eigenvalue weighted by atomic mass is 9.96. The first-order chi connectivity index (χ1) is 9.77. The van der Waals surface area contributed by atoms with Crippen LogP contribution in [0.1, 0.15) is 40.0 Å². The second kappa shape index (κ2) is 5.94. The summed E-state index contributed by atoms with van der Waals surface area (Å²) >= 11 is 0. The van der Waals surface area contributed by atoms with E-state index in [1.807, 2.05) is 20.8 Å². The van der Waals surface area contributed by atoms with Crippen molar-refractivity contribution < 1.29 is 18.0 Å². The van der Waals surface area contributed by atoms with Gasteiger partial charge < -0.3 is 10.2 Å². The summed E-state index contributed by atoms with van der Waals surface area (Å²) in [6, 6.07) is -1.10. The second-order valence-corrected chi connectivity index (χ2v) is 8.68. The Bertz CT molecular complexity index is 529. The summed E-state index contributed by atoms with van der Waals surface area (Å²) in [6.45, 7) is 5.73. The molecule has 21 heavy (non-hydrogen) atoms. The lowest BCUT2D eigenvalue weighted by molar-refractivity contribution is -0.151. The highest BCUT2D eigenvalue weighted by molar-refractivity contribution is 7.92. The van der Waals surface area contributed by atoms with Gasteiger partial charge in [0.15, 0.2) is 9.84 Å². The molecule has 2 aliphatic rings. The molecule has 2 rings (SSSR count). The molecule has 0 aliphatic carbocycles. The van der Waals surface area contributed by atoms with Crippen LogP contribution in [0, 0.1) is 5.92 Å². The molecule has 0 radical (unpaired) electrons. The van der Waals surface area contributed by atoms with E-state index in [0.717, 1.165) is 0 Å². The summed E-state index contributed by atoms with van der Waals surface area (Å²) in [5.41, 5.74) is 0. The molecule has 3 atom stereocenters. The van der Waals surface area contributed by atoms with Crippen molar-refractivity contribution in [3.8, 4) is 0 Å². The predicted octanol–water partition coefficient (Wildman–Crippen LogP) is 0.325. The van der Waals surface area contributed by atoms with Crippen LogP contribution in [0.2, 0.25) is 0 Å². The molecule has 6 nitrogen and oxygen atoms in total. The predicted molar refractivity (Wildman–Crippen MR) is 79.4 cm³/mol. The van der Waals surface area contributed by atoms with Crippen molar-refractivity contribution in [3.05, 3.63) is 0 Å². The highest BCUT2D eigenvalue weighted by atomic mass is 32.2. The van der Waals surface area contributed by atoms with Gasteiger partial charge in [0.05, 0.1) is 11.0 Å². The number of piperazine rings is 1. The summed E-state index contributed by atoms with van der Waals surface area (Å²) in [5.74, 6) is -0.185. The molecule has 0 bridgehead atoms. The third-order valence-electron chi connectivity index (χ3n) is 4.40. The highest BCUT2D eigenvalue weighted by Crippen LogP contribution is 2.25. The van der Waals surface area contributed by atoms with E-state index in [9.17, 15) is 18.0 Å². The van der Waals surface area contributed by atoms with E-state index in [1.165, 1.54) is 4.90 Å². The number of sulfone groups is 1. The number of carbonyl (C=O) groups is 2. The van der Waals surface area contributed by atoms with Crippen molar-refractivity contribution >= 4 is 21.7 Å². The van der Waals surface area contributed by atoms with Crippen molar-refractivity contribution in [2.75, 3.05) is 12.3 Å². The van der Waals surface area contributed by atoms with Gasteiger partial charge in [0, 0.05) is 6.54 Å². The van der Waals surface area contributed by atoms with E-state index >= 15 is 0 Å². The number of rotatable bonds is 4. The average molecular weight is 316 g/mol. The van der Waals surface area contributed by atoms with E-state index in [-0.39, 0.29) is 30.0 Å². The van der Waals surface area contributed by atoms with E-state index in [2.05, 4.69) is 5.32 Å². The minimum atomic E-state index is -3.13. The Balaban J connectivity index is 2.26. The fraction of sp³-hybridized carbons (Fsp3) is 0.857. The van der Waals surface area contributed by atoms with Gasteiger partial charge in [-0.25, -0.2) is 8.42 Å². The summed E-state index contributed by atoms with van der Waals surface area (Å²) in [4.78, 5) is 26.3. The number of hydrogen-bond acceptors (Lipinski definition) is 4. The van der Waals surface area contributed by atoms with E-state index in [1.54, 1.807) is 0 Å². The first kappa shape index (κ1) is 16.3. The Labute approximate surface area is 126 Å². The van der Waals surface area contributed by atoms with Crippen LogP contribution in [-0.2, 0) is 19.4 Å². The van der Waals surface area contributed by atoms with E-state index in [0.29, 0.717) is 19.3 Å². The molecule has 0 aromatic heterocycles. The molecule has 0 aromatic carbocycles. The van der Waals surface area contributed by atoms with Crippen LogP contribution in [0.15, 0.2) is 0 Å².